The number of rotatable bonds is 1. The predicted octanol–water partition coefficient (Wildman–Crippen LogP) is 3.67. The van der Waals surface area contributed by atoms with Crippen molar-refractivity contribution in [2.24, 2.45) is 0 Å². The molecule has 0 radical (unpaired) electrons. The number of hydrogen-bond acceptors (Lipinski definition) is 2. The van der Waals surface area contributed by atoms with Crippen LogP contribution in [0.15, 0.2) is 22.0 Å². The van der Waals surface area contributed by atoms with E-state index in [0.29, 0.717) is 5.56 Å². The average Bonchev–Trinajstić information content (AvgIpc) is 2.48. The largest absolute Gasteiger partial charge is 0.478 e. The van der Waals surface area contributed by atoms with Crippen LogP contribution in [0.5, 0.6) is 0 Å². The first-order valence-corrected chi connectivity index (χ1v) is 5.67. The molecule has 0 atom stereocenters. The fourth-order valence-corrected chi connectivity index (χ4v) is 3.02. The predicted molar refractivity (Wildman–Crippen MR) is 61.2 cm³/mol. The number of benzene rings is 1. The average molecular weight is 271 g/mol. The second-order valence-electron chi connectivity index (χ2n) is 3.06. The summed E-state index contributed by atoms with van der Waals surface area (Å²) in [7, 11) is 0. The van der Waals surface area contributed by atoms with Crippen molar-refractivity contribution in [3.05, 3.63) is 33.1 Å². The van der Waals surface area contributed by atoms with Gasteiger partial charge in [-0.05, 0) is 40.5 Å². The zero-order valence-corrected chi connectivity index (χ0v) is 9.78. The van der Waals surface area contributed by atoms with E-state index in [4.69, 9.17) is 5.11 Å². The van der Waals surface area contributed by atoms with Gasteiger partial charge in [-0.3, -0.25) is 0 Å². The molecule has 0 aliphatic carbocycles. The molecule has 0 saturated heterocycles. The summed E-state index contributed by atoms with van der Waals surface area (Å²) in [5.74, 6) is -0.881. The lowest BCUT2D eigenvalue weighted by atomic mass is 10.1. The minimum atomic E-state index is -0.881. The third-order valence-electron chi connectivity index (χ3n) is 2.06. The first kappa shape index (κ1) is 9.68. The van der Waals surface area contributed by atoms with Crippen LogP contribution in [0, 0.1) is 6.92 Å². The lowest BCUT2D eigenvalue weighted by Crippen LogP contribution is -1.96. The summed E-state index contributed by atoms with van der Waals surface area (Å²) in [6.45, 7) is 1.93. The molecule has 0 saturated carbocycles. The Balaban J connectivity index is 2.82. The molecule has 0 fully saturated rings. The molecule has 1 aromatic carbocycles. The Kier molecular flexibility index (Phi) is 2.33. The number of carboxylic acids is 1. The first-order chi connectivity index (χ1) is 6.59. The maximum absolute atomic E-state index is 10.8. The van der Waals surface area contributed by atoms with Gasteiger partial charge < -0.3 is 5.11 Å². The van der Waals surface area contributed by atoms with Gasteiger partial charge in [0.25, 0.3) is 0 Å². The minimum Gasteiger partial charge on any atom is -0.478 e. The van der Waals surface area contributed by atoms with E-state index in [1.807, 2.05) is 12.3 Å². The highest BCUT2D eigenvalue weighted by molar-refractivity contribution is 9.10. The van der Waals surface area contributed by atoms with E-state index in [1.165, 1.54) is 0 Å². The summed E-state index contributed by atoms with van der Waals surface area (Å²) >= 11 is 5.02. The molecule has 0 bridgehead atoms. The number of aryl methyl sites for hydroxylation is 1. The van der Waals surface area contributed by atoms with E-state index in [2.05, 4.69) is 15.9 Å². The SMILES string of the molecule is Cc1cc(C(=O)O)cc2c(Br)csc12. The number of thiophene rings is 1. The van der Waals surface area contributed by atoms with E-state index >= 15 is 0 Å². The van der Waals surface area contributed by atoms with Crippen LogP contribution in [0.2, 0.25) is 0 Å². The van der Waals surface area contributed by atoms with E-state index in [9.17, 15) is 4.79 Å². The Bertz CT molecular complexity index is 516. The second-order valence-corrected chi connectivity index (χ2v) is 4.79. The van der Waals surface area contributed by atoms with Gasteiger partial charge in [0.15, 0.2) is 0 Å². The second kappa shape index (κ2) is 3.37. The molecule has 1 heterocycles. The van der Waals surface area contributed by atoms with Crippen LogP contribution in [-0.4, -0.2) is 11.1 Å². The molecule has 0 aliphatic rings. The fraction of sp³-hybridized carbons (Fsp3) is 0.100. The molecular formula is C10H7BrO2S. The van der Waals surface area contributed by atoms with Gasteiger partial charge in [0.05, 0.1) is 5.56 Å². The molecule has 2 nitrogen and oxygen atoms in total. The third-order valence-corrected chi connectivity index (χ3v) is 4.15. The summed E-state index contributed by atoms with van der Waals surface area (Å²) in [4.78, 5) is 10.8. The Hall–Kier alpha value is -0.870. The van der Waals surface area contributed by atoms with E-state index in [0.717, 1.165) is 20.1 Å². The van der Waals surface area contributed by atoms with Crippen molar-refractivity contribution in [1.82, 2.24) is 0 Å². The van der Waals surface area contributed by atoms with E-state index in [-0.39, 0.29) is 0 Å². The number of fused-ring (bicyclic) bond motifs is 1. The number of hydrogen-bond donors (Lipinski definition) is 1. The Morgan fingerprint density at radius 1 is 1.50 bits per heavy atom. The minimum absolute atomic E-state index is 0.342. The highest BCUT2D eigenvalue weighted by atomic mass is 79.9. The van der Waals surface area contributed by atoms with Crippen LogP contribution in [0.4, 0.5) is 0 Å². The van der Waals surface area contributed by atoms with Gasteiger partial charge in [-0.15, -0.1) is 11.3 Å². The quantitative estimate of drug-likeness (QED) is 0.859. The lowest BCUT2D eigenvalue weighted by molar-refractivity contribution is 0.0697. The molecule has 2 rings (SSSR count). The van der Waals surface area contributed by atoms with Crippen LogP contribution in [-0.2, 0) is 0 Å². The van der Waals surface area contributed by atoms with Crippen LogP contribution in [0.3, 0.4) is 0 Å². The molecule has 4 heteroatoms. The van der Waals surface area contributed by atoms with Crippen LogP contribution in [0.1, 0.15) is 15.9 Å². The summed E-state index contributed by atoms with van der Waals surface area (Å²) in [6.07, 6.45) is 0. The molecule has 0 amide bonds. The van der Waals surface area contributed by atoms with Gasteiger partial charge >= 0.3 is 5.97 Å². The van der Waals surface area contributed by atoms with Gasteiger partial charge in [0, 0.05) is 19.9 Å². The molecule has 1 N–H and O–H groups in total. The van der Waals surface area contributed by atoms with Crippen molar-refractivity contribution < 1.29 is 9.90 Å². The highest BCUT2D eigenvalue weighted by Gasteiger charge is 2.09. The van der Waals surface area contributed by atoms with Crippen molar-refractivity contribution in [1.29, 1.82) is 0 Å². The molecule has 2 aromatic rings. The topological polar surface area (TPSA) is 37.3 Å². The van der Waals surface area contributed by atoms with Gasteiger partial charge in [0.2, 0.25) is 0 Å². The smallest absolute Gasteiger partial charge is 0.335 e. The number of aromatic carboxylic acids is 1. The standard InChI is InChI=1S/C10H7BrO2S/c1-5-2-6(10(12)13)3-7-8(11)4-14-9(5)7/h2-4H,1H3,(H,12,13). The summed E-state index contributed by atoms with van der Waals surface area (Å²) in [5, 5.41) is 11.8. The number of carboxylic acid groups (broad SMARTS) is 1. The monoisotopic (exact) mass is 270 g/mol. The van der Waals surface area contributed by atoms with Crippen molar-refractivity contribution in [2.45, 2.75) is 6.92 Å². The van der Waals surface area contributed by atoms with Gasteiger partial charge in [-0.1, -0.05) is 0 Å². The maximum Gasteiger partial charge on any atom is 0.335 e. The normalized spacial score (nSPS) is 10.7. The number of carbonyl (C=O) groups is 1. The highest BCUT2D eigenvalue weighted by Crippen LogP contribution is 2.33. The van der Waals surface area contributed by atoms with Crippen LogP contribution in [0.25, 0.3) is 10.1 Å². The summed E-state index contributed by atoms with van der Waals surface area (Å²) in [6, 6.07) is 3.40. The zero-order valence-electron chi connectivity index (χ0n) is 7.37. The van der Waals surface area contributed by atoms with Crippen molar-refractivity contribution in [3.8, 4) is 0 Å². The first-order valence-electron chi connectivity index (χ1n) is 4.00. The van der Waals surface area contributed by atoms with Gasteiger partial charge in [0.1, 0.15) is 0 Å². The summed E-state index contributed by atoms with van der Waals surface area (Å²) in [5.41, 5.74) is 1.35. The maximum atomic E-state index is 10.8. The van der Waals surface area contributed by atoms with Gasteiger partial charge in [-0.25, -0.2) is 4.79 Å². The molecule has 1 aromatic heterocycles. The van der Waals surface area contributed by atoms with Crippen LogP contribution >= 0.6 is 27.3 Å². The zero-order chi connectivity index (χ0) is 10.3. The Labute approximate surface area is 93.3 Å². The molecule has 0 spiro atoms. The van der Waals surface area contributed by atoms with E-state index in [1.54, 1.807) is 23.5 Å². The Morgan fingerprint density at radius 2 is 2.21 bits per heavy atom. The molecule has 14 heavy (non-hydrogen) atoms. The van der Waals surface area contributed by atoms with Crippen molar-refractivity contribution in [2.75, 3.05) is 0 Å². The summed E-state index contributed by atoms with van der Waals surface area (Å²) < 4.78 is 2.10. The molecule has 72 valence electrons. The van der Waals surface area contributed by atoms with E-state index < -0.39 is 5.97 Å². The van der Waals surface area contributed by atoms with Crippen LogP contribution < -0.4 is 0 Å². The fourth-order valence-electron chi connectivity index (χ4n) is 1.41. The third kappa shape index (κ3) is 1.44. The van der Waals surface area contributed by atoms with Crippen molar-refractivity contribution in [3.63, 3.8) is 0 Å². The lowest BCUT2D eigenvalue weighted by Gasteiger charge is -1.99. The molecular weight excluding hydrogens is 264 g/mol. The van der Waals surface area contributed by atoms with Gasteiger partial charge in [-0.2, -0.15) is 0 Å². The molecule has 0 unspecified atom stereocenters. The van der Waals surface area contributed by atoms with Crippen molar-refractivity contribution >= 4 is 43.3 Å². The Morgan fingerprint density at radius 3 is 2.86 bits per heavy atom. The number of halogens is 1. The molecule has 0 aliphatic heterocycles.